The number of nitrogens with two attached hydrogens (primary N) is 1. The lowest BCUT2D eigenvalue weighted by molar-refractivity contribution is 0.142. The summed E-state index contributed by atoms with van der Waals surface area (Å²) in [7, 11) is 1.85. The number of benzene rings is 1. The maximum Gasteiger partial charge on any atom is 0.0941 e. The summed E-state index contributed by atoms with van der Waals surface area (Å²) >= 11 is 11.7. The van der Waals surface area contributed by atoms with Gasteiger partial charge in [0, 0.05) is 6.04 Å². The van der Waals surface area contributed by atoms with Gasteiger partial charge in [-0.15, -0.1) is 0 Å². The molecule has 0 aromatic heterocycles. The summed E-state index contributed by atoms with van der Waals surface area (Å²) in [5.74, 6) is 0. The minimum absolute atomic E-state index is 0.315. The molecule has 0 radical (unpaired) electrons. The first kappa shape index (κ1) is 13.7. The molecule has 2 unspecified atom stereocenters. The van der Waals surface area contributed by atoms with Crippen LogP contribution in [0.2, 0.25) is 10.0 Å². The van der Waals surface area contributed by atoms with Crippen LogP contribution < -0.4 is 11.1 Å². The second-order valence-corrected chi connectivity index (χ2v) is 4.49. The molecule has 0 aliphatic carbocycles. The largest absolute Gasteiger partial charge is 0.387 e. The average molecular weight is 263 g/mol. The topological polar surface area (TPSA) is 58.3 Å². The smallest absolute Gasteiger partial charge is 0.0941 e. The summed E-state index contributed by atoms with van der Waals surface area (Å²) in [4.78, 5) is 0. The van der Waals surface area contributed by atoms with Gasteiger partial charge in [0.15, 0.2) is 0 Å². The Kier molecular flexibility index (Phi) is 5.52. The van der Waals surface area contributed by atoms with Gasteiger partial charge in [-0.1, -0.05) is 29.3 Å². The zero-order chi connectivity index (χ0) is 12.1. The third kappa shape index (κ3) is 3.61. The Labute approximate surface area is 106 Å². The van der Waals surface area contributed by atoms with Crippen LogP contribution in [0.1, 0.15) is 18.1 Å². The van der Waals surface area contributed by atoms with Gasteiger partial charge in [0.05, 0.1) is 16.1 Å². The second-order valence-electron chi connectivity index (χ2n) is 3.67. The SMILES string of the molecule is CNCCC(N)C(O)c1ccc(Cl)c(Cl)c1. The Morgan fingerprint density at radius 1 is 1.38 bits per heavy atom. The van der Waals surface area contributed by atoms with Gasteiger partial charge < -0.3 is 16.2 Å². The highest BCUT2D eigenvalue weighted by Crippen LogP contribution is 2.26. The Morgan fingerprint density at radius 2 is 2.06 bits per heavy atom. The van der Waals surface area contributed by atoms with Crippen molar-refractivity contribution in [1.29, 1.82) is 0 Å². The summed E-state index contributed by atoms with van der Waals surface area (Å²) in [6.07, 6.45) is -0.0270. The molecule has 0 aliphatic heterocycles. The van der Waals surface area contributed by atoms with Crippen LogP contribution in [0.3, 0.4) is 0 Å². The number of rotatable bonds is 5. The summed E-state index contributed by atoms with van der Waals surface area (Å²) in [6, 6.07) is 4.73. The lowest BCUT2D eigenvalue weighted by Gasteiger charge is -2.19. The average Bonchev–Trinajstić information content (AvgIpc) is 2.28. The molecule has 0 saturated heterocycles. The van der Waals surface area contributed by atoms with E-state index in [1.807, 2.05) is 7.05 Å². The molecule has 3 nitrogen and oxygen atoms in total. The maximum absolute atomic E-state index is 9.98. The van der Waals surface area contributed by atoms with Gasteiger partial charge in [0.2, 0.25) is 0 Å². The van der Waals surface area contributed by atoms with Crippen LogP contribution in [0, 0.1) is 0 Å². The van der Waals surface area contributed by atoms with Gasteiger partial charge in [-0.3, -0.25) is 0 Å². The van der Waals surface area contributed by atoms with E-state index < -0.39 is 6.10 Å². The van der Waals surface area contributed by atoms with E-state index >= 15 is 0 Å². The molecule has 0 amide bonds. The fourth-order valence-electron chi connectivity index (χ4n) is 1.41. The molecular formula is C11H16Cl2N2O. The van der Waals surface area contributed by atoms with E-state index in [2.05, 4.69) is 5.32 Å². The minimum Gasteiger partial charge on any atom is -0.387 e. The number of aliphatic hydroxyl groups is 1. The third-order valence-electron chi connectivity index (χ3n) is 2.42. The normalized spacial score (nSPS) is 14.8. The highest BCUT2D eigenvalue weighted by Gasteiger charge is 2.17. The van der Waals surface area contributed by atoms with Crippen LogP contribution in [-0.4, -0.2) is 24.7 Å². The number of aliphatic hydroxyl groups excluding tert-OH is 1. The van der Waals surface area contributed by atoms with Crippen molar-refractivity contribution in [2.45, 2.75) is 18.6 Å². The molecule has 0 aliphatic rings. The molecule has 0 heterocycles. The van der Waals surface area contributed by atoms with Crippen molar-refractivity contribution >= 4 is 23.2 Å². The van der Waals surface area contributed by atoms with Gasteiger partial charge in [-0.25, -0.2) is 0 Å². The molecule has 4 N–H and O–H groups in total. The first-order valence-electron chi connectivity index (χ1n) is 5.09. The molecule has 90 valence electrons. The summed E-state index contributed by atoms with van der Waals surface area (Å²) in [5.41, 5.74) is 6.55. The summed E-state index contributed by atoms with van der Waals surface area (Å²) in [5, 5.41) is 13.9. The lowest BCUT2D eigenvalue weighted by atomic mass is 10.0. The Hall–Kier alpha value is -0.320. The van der Waals surface area contributed by atoms with Crippen LogP contribution in [-0.2, 0) is 0 Å². The van der Waals surface area contributed by atoms with Crippen LogP contribution in [0.5, 0.6) is 0 Å². The molecule has 5 heteroatoms. The fourth-order valence-corrected chi connectivity index (χ4v) is 1.72. The van der Waals surface area contributed by atoms with E-state index in [1.165, 1.54) is 0 Å². The van der Waals surface area contributed by atoms with Crippen molar-refractivity contribution in [2.75, 3.05) is 13.6 Å². The van der Waals surface area contributed by atoms with Gasteiger partial charge in [-0.2, -0.15) is 0 Å². The molecule has 16 heavy (non-hydrogen) atoms. The molecule has 1 rings (SSSR count). The molecule has 2 atom stereocenters. The zero-order valence-corrected chi connectivity index (χ0v) is 10.6. The minimum atomic E-state index is -0.719. The Balaban J connectivity index is 2.71. The zero-order valence-electron chi connectivity index (χ0n) is 9.08. The number of hydrogen-bond acceptors (Lipinski definition) is 3. The van der Waals surface area contributed by atoms with Crippen LogP contribution >= 0.6 is 23.2 Å². The van der Waals surface area contributed by atoms with E-state index in [0.717, 1.165) is 6.54 Å². The fraction of sp³-hybridized carbons (Fsp3) is 0.455. The molecule has 0 spiro atoms. The predicted octanol–water partition coefficient (Wildman–Crippen LogP) is 1.96. The lowest BCUT2D eigenvalue weighted by Crippen LogP contribution is -2.31. The van der Waals surface area contributed by atoms with Crippen LogP contribution in [0.25, 0.3) is 0 Å². The molecule has 0 bridgehead atoms. The number of hydrogen-bond donors (Lipinski definition) is 3. The first-order valence-corrected chi connectivity index (χ1v) is 5.85. The van der Waals surface area contributed by atoms with Crippen molar-refractivity contribution in [1.82, 2.24) is 5.32 Å². The van der Waals surface area contributed by atoms with E-state index in [4.69, 9.17) is 28.9 Å². The van der Waals surface area contributed by atoms with E-state index in [-0.39, 0.29) is 6.04 Å². The van der Waals surface area contributed by atoms with E-state index in [9.17, 15) is 5.11 Å². The predicted molar refractivity (Wildman–Crippen MR) is 67.9 cm³/mol. The first-order chi connectivity index (χ1) is 7.56. The van der Waals surface area contributed by atoms with Crippen molar-refractivity contribution in [3.8, 4) is 0 Å². The highest BCUT2D eigenvalue weighted by atomic mass is 35.5. The summed E-state index contributed by atoms with van der Waals surface area (Å²) < 4.78 is 0. The van der Waals surface area contributed by atoms with Crippen molar-refractivity contribution in [3.63, 3.8) is 0 Å². The van der Waals surface area contributed by atoms with Gasteiger partial charge in [-0.05, 0) is 37.7 Å². The van der Waals surface area contributed by atoms with Gasteiger partial charge in [0.25, 0.3) is 0 Å². The molecule has 1 aromatic carbocycles. The summed E-state index contributed by atoms with van der Waals surface area (Å²) in [6.45, 7) is 0.763. The molecule has 1 aromatic rings. The molecule has 0 saturated carbocycles. The Bertz CT molecular complexity index is 347. The quantitative estimate of drug-likeness (QED) is 0.761. The van der Waals surface area contributed by atoms with Gasteiger partial charge >= 0.3 is 0 Å². The maximum atomic E-state index is 9.98. The monoisotopic (exact) mass is 262 g/mol. The highest BCUT2D eigenvalue weighted by molar-refractivity contribution is 6.42. The Morgan fingerprint density at radius 3 is 2.62 bits per heavy atom. The second kappa shape index (κ2) is 6.42. The van der Waals surface area contributed by atoms with Gasteiger partial charge in [0.1, 0.15) is 0 Å². The van der Waals surface area contributed by atoms with Crippen molar-refractivity contribution in [3.05, 3.63) is 33.8 Å². The number of halogens is 2. The van der Waals surface area contributed by atoms with E-state index in [0.29, 0.717) is 22.0 Å². The molecule has 0 fully saturated rings. The van der Waals surface area contributed by atoms with Crippen molar-refractivity contribution < 1.29 is 5.11 Å². The number of nitrogens with one attached hydrogen (secondary N) is 1. The standard InChI is InChI=1S/C11H16Cl2N2O/c1-15-5-4-10(14)11(16)7-2-3-8(12)9(13)6-7/h2-3,6,10-11,15-16H,4-5,14H2,1H3. The van der Waals surface area contributed by atoms with E-state index in [1.54, 1.807) is 18.2 Å². The van der Waals surface area contributed by atoms with Crippen LogP contribution in [0.15, 0.2) is 18.2 Å². The molecular weight excluding hydrogens is 247 g/mol. The van der Waals surface area contributed by atoms with Crippen LogP contribution in [0.4, 0.5) is 0 Å². The van der Waals surface area contributed by atoms with Crippen molar-refractivity contribution in [2.24, 2.45) is 5.73 Å². The third-order valence-corrected chi connectivity index (χ3v) is 3.16.